The second kappa shape index (κ2) is 10.1. The Morgan fingerprint density at radius 2 is 1.85 bits per heavy atom. The Labute approximate surface area is 199 Å². The van der Waals surface area contributed by atoms with Crippen molar-refractivity contribution in [1.29, 1.82) is 0 Å². The number of amides is 1. The van der Waals surface area contributed by atoms with Crippen LogP contribution < -0.4 is 5.32 Å². The van der Waals surface area contributed by atoms with Gasteiger partial charge in [-0.3, -0.25) is 15.0 Å². The van der Waals surface area contributed by atoms with Crippen molar-refractivity contribution in [1.82, 2.24) is 14.2 Å². The van der Waals surface area contributed by atoms with Crippen molar-refractivity contribution in [2.45, 2.75) is 38.3 Å². The number of nitrogens with one attached hydrogen (secondary N) is 1. The lowest BCUT2D eigenvalue weighted by molar-refractivity contribution is 0.102. The summed E-state index contributed by atoms with van der Waals surface area (Å²) in [5.41, 5.74) is 2.37. The molecule has 0 atom stereocenters. The van der Waals surface area contributed by atoms with Crippen LogP contribution in [-0.4, -0.2) is 48.1 Å². The first kappa shape index (κ1) is 23.6. The van der Waals surface area contributed by atoms with E-state index in [0.717, 1.165) is 37.3 Å². The number of likely N-dealkylation sites (N-methyl/N-ethyl adjacent to an activating group) is 1. The van der Waals surface area contributed by atoms with Crippen LogP contribution in [0.15, 0.2) is 59.5 Å². The van der Waals surface area contributed by atoms with Gasteiger partial charge in [0, 0.05) is 43.0 Å². The van der Waals surface area contributed by atoms with Gasteiger partial charge in [0.1, 0.15) is 0 Å². The van der Waals surface area contributed by atoms with E-state index in [4.69, 9.17) is 0 Å². The number of aromatic nitrogens is 1. The van der Waals surface area contributed by atoms with Crippen LogP contribution in [0.2, 0.25) is 0 Å². The number of nitrogens with zero attached hydrogens (tertiary/aromatic N) is 3. The minimum Gasteiger partial charge on any atom is -0.298 e. The van der Waals surface area contributed by atoms with Crippen LogP contribution in [0.4, 0.5) is 5.13 Å². The second-order valence-electron chi connectivity index (χ2n) is 7.90. The number of benzene rings is 2. The summed E-state index contributed by atoms with van der Waals surface area (Å²) in [4.78, 5) is 21.0. The standard InChI is InChI=1S/C24H28N4O3S2/c1-3-27-15-14-21-22(17-27)32-24(25-21)26-23(29)19-10-12-20(13-11-19)33(30,31)28(4-2)16-18-8-6-5-7-9-18/h5-13H,3-4,14-17H2,1-2H3,(H,25,26,29). The Bertz CT molecular complexity index is 1210. The largest absolute Gasteiger partial charge is 0.298 e. The van der Waals surface area contributed by atoms with E-state index < -0.39 is 10.0 Å². The summed E-state index contributed by atoms with van der Waals surface area (Å²) >= 11 is 1.51. The molecular weight excluding hydrogens is 456 g/mol. The van der Waals surface area contributed by atoms with Crippen LogP contribution in [0, 0.1) is 0 Å². The molecule has 174 valence electrons. The van der Waals surface area contributed by atoms with Crippen molar-refractivity contribution in [2.24, 2.45) is 0 Å². The van der Waals surface area contributed by atoms with Gasteiger partial charge in [0.2, 0.25) is 10.0 Å². The third-order valence-electron chi connectivity index (χ3n) is 5.79. The van der Waals surface area contributed by atoms with Crippen LogP contribution in [0.3, 0.4) is 0 Å². The molecule has 2 heterocycles. The zero-order chi connectivity index (χ0) is 23.4. The first-order valence-electron chi connectivity index (χ1n) is 11.1. The van der Waals surface area contributed by atoms with Gasteiger partial charge < -0.3 is 0 Å². The SMILES string of the molecule is CCN1CCc2nc(NC(=O)c3ccc(S(=O)(=O)N(CC)Cc4ccccc4)cc3)sc2C1. The molecule has 4 rings (SSSR count). The summed E-state index contributed by atoms with van der Waals surface area (Å²) in [6.07, 6.45) is 0.888. The fourth-order valence-corrected chi connectivity index (χ4v) is 6.30. The molecule has 33 heavy (non-hydrogen) atoms. The zero-order valence-electron chi connectivity index (χ0n) is 18.8. The second-order valence-corrected chi connectivity index (χ2v) is 10.9. The maximum atomic E-state index is 13.1. The molecule has 0 fully saturated rings. The predicted molar refractivity (Wildman–Crippen MR) is 131 cm³/mol. The van der Waals surface area contributed by atoms with E-state index in [1.165, 1.54) is 32.7 Å². The number of carbonyl (C=O) groups is 1. The molecule has 1 aromatic heterocycles. The van der Waals surface area contributed by atoms with Crippen molar-refractivity contribution >= 4 is 32.4 Å². The molecular formula is C24H28N4O3S2. The fraction of sp³-hybridized carbons (Fsp3) is 0.333. The van der Waals surface area contributed by atoms with Gasteiger partial charge in [0.25, 0.3) is 5.91 Å². The highest BCUT2D eigenvalue weighted by Gasteiger charge is 2.24. The lowest BCUT2D eigenvalue weighted by atomic mass is 10.2. The molecule has 0 saturated carbocycles. The number of thiazole rings is 1. The van der Waals surface area contributed by atoms with Crippen LogP contribution >= 0.6 is 11.3 Å². The zero-order valence-corrected chi connectivity index (χ0v) is 20.5. The van der Waals surface area contributed by atoms with Crippen LogP contribution in [0.25, 0.3) is 0 Å². The Balaban J connectivity index is 1.45. The van der Waals surface area contributed by atoms with Crippen LogP contribution in [0.1, 0.15) is 40.3 Å². The maximum absolute atomic E-state index is 13.1. The highest BCUT2D eigenvalue weighted by atomic mass is 32.2. The number of rotatable bonds is 8. The van der Waals surface area contributed by atoms with Gasteiger partial charge in [-0.2, -0.15) is 4.31 Å². The molecule has 0 bridgehead atoms. The molecule has 0 unspecified atom stereocenters. The molecule has 0 spiro atoms. The third kappa shape index (κ3) is 5.33. The summed E-state index contributed by atoms with van der Waals surface area (Å²) in [7, 11) is -3.67. The average molecular weight is 485 g/mol. The van der Waals surface area contributed by atoms with Gasteiger partial charge in [-0.1, -0.05) is 44.2 Å². The summed E-state index contributed by atoms with van der Waals surface area (Å²) in [6, 6.07) is 15.6. The van der Waals surface area contributed by atoms with E-state index in [9.17, 15) is 13.2 Å². The minimum atomic E-state index is -3.67. The lowest BCUT2D eigenvalue weighted by Crippen LogP contribution is -2.30. The monoisotopic (exact) mass is 484 g/mol. The van der Waals surface area contributed by atoms with Crippen molar-refractivity contribution in [3.63, 3.8) is 0 Å². The fourth-order valence-electron chi connectivity index (χ4n) is 3.82. The highest BCUT2D eigenvalue weighted by Crippen LogP contribution is 2.28. The molecule has 2 aromatic carbocycles. The van der Waals surface area contributed by atoms with E-state index >= 15 is 0 Å². The summed E-state index contributed by atoms with van der Waals surface area (Å²) in [5, 5.41) is 3.45. The Kier molecular flexibility index (Phi) is 7.23. The number of sulfonamides is 1. The molecule has 9 heteroatoms. The van der Waals surface area contributed by atoms with Gasteiger partial charge in [-0.05, 0) is 36.4 Å². The van der Waals surface area contributed by atoms with Crippen molar-refractivity contribution in [2.75, 3.05) is 25.0 Å². The number of anilines is 1. The summed E-state index contributed by atoms with van der Waals surface area (Å²) < 4.78 is 27.7. The Morgan fingerprint density at radius 3 is 2.52 bits per heavy atom. The number of fused-ring (bicyclic) bond motifs is 1. The molecule has 0 aliphatic carbocycles. The molecule has 7 nitrogen and oxygen atoms in total. The molecule has 1 aliphatic heterocycles. The molecule has 0 radical (unpaired) electrons. The first-order valence-corrected chi connectivity index (χ1v) is 13.3. The van der Waals surface area contributed by atoms with Crippen molar-refractivity contribution in [3.05, 3.63) is 76.3 Å². The maximum Gasteiger partial charge on any atom is 0.257 e. The molecule has 0 saturated heterocycles. The van der Waals surface area contributed by atoms with Crippen LogP contribution in [0.5, 0.6) is 0 Å². The normalized spacial score (nSPS) is 14.3. The topological polar surface area (TPSA) is 82.6 Å². The van der Waals surface area contributed by atoms with Crippen molar-refractivity contribution in [3.8, 4) is 0 Å². The van der Waals surface area contributed by atoms with E-state index in [2.05, 4.69) is 22.1 Å². The van der Waals surface area contributed by atoms with Crippen molar-refractivity contribution < 1.29 is 13.2 Å². The van der Waals surface area contributed by atoms with E-state index in [-0.39, 0.29) is 10.8 Å². The molecule has 1 N–H and O–H groups in total. The Hall–Kier alpha value is -2.59. The van der Waals surface area contributed by atoms with E-state index in [1.54, 1.807) is 12.1 Å². The average Bonchev–Trinajstić information content (AvgIpc) is 3.24. The number of hydrogen-bond donors (Lipinski definition) is 1. The quantitative estimate of drug-likeness (QED) is 0.523. The number of hydrogen-bond acceptors (Lipinski definition) is 6. The van der Waals surface area contributed by atoms with Gasteiger partial charge in [-0.15, -0.1) is 11.3 Å². The minimum absolute atomic E-state index is 0.168. The third-order valence-corrected chi connectivity index (χ3v) is 8.72. The smallest absolute Gasteiger partial charge is 0.257 e. The summed E-state index contributed by atoms with van der Waals surface area (Å²) in [5.74, 6) is -0.297. The molecule has 3 aromatic rings. The molecule has 1 aliphatic rings. The van der Waals surface area contributed by atoms with Crippen LogP contribution in [-0.2, 0) is 29.5 Å². The van der Waals surface area contributed by atoms with E-state index in [0.29, 0.717) is 23.8 Å². The predicted octanol–water partition coefficient (Wildman–Crippen LogP) is 3.98. The van der Waals surface area contributed by atoms with Gasteiger partial charge in [0.15, 0.2) is 5.13 Å². The Morgan fingerprint density at radius 1 is 1.12 bits per heavy atom. The van der Waals surface area contributed by atoms with Gasteiger partial charge in [-0.25, -0.2) is 13.4 Å². The first-order chi connectivity index (χ1) is 15.9. The molecule has 1 amide bonds. The van der Waals surface area contributed by atoms with Gasteiger partial charge in [0.05, 0.1) is 10.6 Å². The number of carbonyl (C=O) groups excluding carboxylic acids is 1. The van der Waals surface area contributed by atoms with Gasteiger partial charge >= 0.3 is 0 Å². The lowest BCUT2D eigenvalue weighted by Gasteiger charge is -2.23. The summed E-state index contributed by atoms with van der Waals surface area (Å²) in [6.45, 7) is 7.44. The highest BCUT2D eigenvalue weighted by molar-refractivity contribution is 7.89. The van der Waals surface area contributed by atoms with E-state index in [1.807, 2.05) is 37.3 Å².